The molecule has 2 aromatic carbocycles. The third-order valence-electron chi connectivity index (χ3n) is 4.91. The number of hydrogen-bond donors (Lipinski definition) is 2. The quantitative estimate of drug-likeness (QED) is 0.388. The Labute approximate surface area is 186 Å². The zero-order valence-corrected chi connectivity index (χ0v) is 18.9. The molecule has 0 unspecified atom stereocenters. The van der Waals surface area contributed by atoms with Gasteiger partial charge in [0.05, 0.1) is 31.6 Å². The molecule has 0 saturated carbocycles. The van der Waals surface area contributed by atoms with Gasteiger partial charge in [-0.05, 0) is 36.6 Å². The zero-order valence-electron chi connectivity index (χ0n) is 18.1. The van der Waals surface area contributed by atoms with Crippen LogP contribution in [0.3, 0.4) is 0 Å². The molecular formula is C22H27N5O3S. The first-order valence-electron chi connectivity index (χ1n) is 9.90. The second kappa shape index (κ2) is 10.2. The van der Waals surface area contributed by atoms with Gasteiger partial charge in [0.1, 0.15) is 11.5 Å². The van der Waals surface area contributed by atoms with Crippen molar-refractivity contribution in [2.45, 2.75) is 31.5 Å². The SMILES string of the molecule is CCc1ccc([C@@H](C)NC(=O)CSc2nnc(-c3ccc(OC)cc3OC)n2N)cc1. The third-order valence-corrected chi connectivity index (χ3v) is 5.86. The number of benzene rings is 2. The molecule has 1 aromatic heterocycles. The average Bonchev–Trinajstić information content (AvgIpc) is 3.17. The lowest BCUT2D eigenvalue weighted by Crippen LogP contribution is -2.28. The van der Waals surface area contributed by atoms with E-state index in [1.165, 1.54) is 22.0 Å². The van der Waals surface area contributed by atoms with E-state index in [2.05, 4.69) is 34.6 Å². The standard InChI is InChI=1S/C22H27N5O3S/c1-5-15-6-8-16(9-7-15)14(2)24-20(28)13-31-22-26-25-21(27(22)23)18-11-10-17(29-3)12-19(18)30-4/h6-12,14H,5,13,23H2,1-4H3,(H,24,28)/t14-/m1/s1. The molecule has 164 valence electrons. The number of nitrogens with one attached hydrogen (secondary N) is 1. The molecule has 3 N–H and O–H groups in total. The molecular weight excluding hydrogens is 414 g/mol. The number of aromatic nitrogens is 3. The van der Waals surface area contributed by atoms with Crippen LogP contribution in [0.1, 0.15) is 31.0 Å². The number of carbonyl (C=O) groups is 1. The molecule has 3 rings (SSSR count). The fourth-order valence-electron chi connectivity index (χ4n) is 3.08. The summed E-state index contributed by atoms with van der Waals surface area (Å²) < 4.78 is 12.0. The number of thioether (sulfide) groups is 1. The number of rotatable bonds is 9. The van der Waals surface area contributed by atoms with Crippen LogP contribution in [0.15, 0.2) is 47.6 Å². The van der Waals surface area contributed by atoms with Crippen LogP contribution in [0.4, 0.5) is 0 Å². The Hall–Kier alpha value is -3.20. The van der Waals surface area contributed by atoms with Gasteiger partial charge in [0, 0.05) is 6.07 Å². The minimum Gasteiger partial charge on any atom is -0.497 e. The topological polar surface area (TPSA) is 104 Å². The molecule has 3 aromatic rings. The molecule has 0 radical (unpaired) electrons. The van der Waals surface area contributed by atoms with Gasteiger partial charge in [0.2, 0.25) is 11.1 Å². The summed E-state index contributed by atoms with van der Waals surface area (Å²) in [5, 5.41) is 11.7. The minimum atomic E-state index is -0.108. The van der Waals surface area contributed by atoms with Crippen molar-refractivity contribution >= 4 is 17.7 Å². The van der Waals surface area contributed by atoms with E-state index < -0.39 is 0 Å². The maximum absolute atomic E-state index is 12.4. The van der Waals surface area contributed by atoms with Crippen molar-refractivity contribution in [2.24, 2.45) is 0 Å². The molecule has 1 amide bonds. The summed E-state index contributed by atoms with van der Waals surface area (Å²) in [5.41, 5.74) is 3.01. The molecule has 8 nitrogen and oxygen atoms in total. The largest absolute Gasteiger partial charge is 0.497 e. The van der Waals surface area contributed by atoms with Crippen LogP contribution in [-0.2, 0) is 11.2 Å². The molecule has 9 heteroatoms. The summed E-state index contributed by atoms with van der Waals surface area (Å²) in [5.74, 6) is 7.92. The van der Waals surface area contributed by atoms with Gasteiger partial charge >= 0.3 is 0 Å². The summed E-state index contributed by atoms with van der Waals surface area (Å²) in [4.78, 5) is 12.4. The first-order valence-corrected chi connectivity index (χ1v) is 10.9. The lowest BCUT2D eigenvalue weighted by atomic mass is 10.1. The number of carbonyl (C=O) groups excluding carboxylic acids is 1. The number of ether oxygens (including phenoxy) is 2. The number of hydrogen-bond acceptors (Lipinski definition) is 7. The highest BCUT2D eigenvalue weighted by atomic mass is 32.2. The molecule has 0 saturated heterocycles. The van der Waals surface area contributed by atoms with Crippen LogP contribution in [-0.4, -0.2) is 40.8 Å². The van der Waals surface area contributed by atoms with E-state index in [-0.39, 0.29) is 17.7 Å². The van der Waals surface area contributed by atoms with Crippen molar-refractivity contribution < 1.29 is 14.3 Å². The molecule has 0 aliphatic heterocycles. The van der Waals surface area contributed by atoms with Crippen LogP contribution in [0.2, 0.25) is 0 Å². The van der Waals surface area contributed by atoms with Gasteiger partial charge in [-0.25, -0.2) is 4.68 Å². The Morgan fingerprint density at radius 2 is 1.90 bits per heavy atom. The van der Waals surface area contributed by atoms with Crippen molar-refractivity contribution in [3.63, 3.8) is 0 Å². The molecule has 0 aliphatic rings. The van der Waals surface area contributed by atoms with Crippen LogP contribution in [0.5, 0.6) is 11.5 Å². The van der Waals surface area contributed by atoms with Gasteiger partial charge in [-0.15, -0.1) is 10.2 Å². The molecule has 31 heavy (non-hydrogen) atoms. The average molecular weight is 442 g/mol. The van der Waals surface area contributed by atoms with Gasteiger partial charge in [-0.3, -0.25) is 4.79 Å². The highest BCUT2D eigenvalue weighted by Gasteiger charge is 2.18. The Bertz CT molecular complexity index is 1040. The molecule has 1 heterocycles. The lowest BCUT2D eigenvalue weighted by Gasteiger charge is -2.14. The lowest BCUT2D eigenvalue weighted by molar-refractivity contribution is -0.119. The van der Waals surface area contributed by atoms with E-state index in [9.17, 15) is 4.79 Å². The monoisotopic (exact) mass is 441 g/mol. The summed E-state index contributed by atoms with van der Waals surface area (Å²) >= 11 is 1.22. The second-order valence-electron chi connectivity index (χ2n) is 6.92. The Kier molecular flexibility index (Phi) is 7.41. The maximum atomic E-state index is 12.4. The van der Waals surface area contributed by atoms with E-state index in [0.717, 1.165) is 12.0 Å². The zero-order chi connectivity index (χ0) is 22.4. The number of aryl methyl sites for hydroxylation is 1. The van der Waals surface area contributed by atoms with Crippen LogP contribution in [0, 0.1) is 0 Å². The van der Waals surface area contributed by atoms with E-state index in [0.29, 0.717) is 28.0 Å². The van der Waals surface area contributed by atoms with Gasteiger partial charge < -0.3 is 20.6 Å². The van der Waals surface area contributed by atoms with Gasteiger partial charge in [-0.2, -0.15) is 0 Å². The predicted octanol–water partition coefficient (Wildman–Crippen LogP) is 3.21. The number of amides is 1. The third kappa shape index (κ3) is 5.29. The molecule has 0 aliphatic carbocycles. The highest BCUT2D eigenvalue weighted by molar-refractivity contribution is 7.99. The fourth-order valence-corrected chi connectivity index (χ4v) is 3.75. The molecule has 0 spiro atoms. The second-order valence-corrected chi connectivity index (χ2v) is 7.86. The fraction of sp³-hybridized carbons (Fsp3) is 0.318. The van der Waals surface area contributed by atoms with Gasteiger partial charge in [-0.1, -0.05) is 43.0 Å². The number of methoxy groups -OCH3 is 2. The predicted molar refractivity (Wildman–Crippen MR) is 122 cm³/mol. The van der Waals surface area contributed by atoms with Crippen LogP contribution < -0.4 is 20.6 Å². The van der Waals surface area contributed by atoms with Gasteiger partial charge in [0.25, 0.3) is 0 Å². The number of nitrogens with zero attached hydrogens (tertiary/aromatic N) is 3. The van der Waals surface area contributed by atoms with E-state index in [4.69, 9.17) is 15.3 Å². The highest BCUT2D eigenvalue weighted by Crippen LogP contribution is 2.32. The summed E-state index contributed by atoms with van der Waals surface area (Å²) in [6, 6.07) is 13.5. The minimum absolute atomic E-state index is 0.0890. The summed E-state index contributed by atoms with van der Waals surface area (Å²) in [6.45, 7) is 4.08. The van der Waals surface area contributed by atoms with Crippen molar-refractivity contribution in [2.75, 3.05) is 25.8 Å². The van der Waals surface area contributed by atoms with E-state index >= 15 is 0 Å². The first kappa shape index (κ1) is 22.5. The normalized spacial score (nSPS) is 11.7. The van der Waals surface area contributed by atoms with Crippen LogP contribution >= 0.6 is 11.8 Å². The Morgan fingerprint density at radius 1 is 1.16 bits per heavy atom. The molecule has 0 fully saturated rings. The summed E-state index contributed by atoms with van der Waals surface area (Å²) in [6.07, 6.45) is 0.988. The van der Waals surface area contributed by atoms with Gasteiger partial charge in [0.15, 0.2) is 5.82 Å². The van der Waals surface area contributed by atoms with E-state index in [1.807, 2.05) is 19.1 Å². The first-order chi connectivity index (χ1) is 15.0. The van der Waals surface area contributed by atoms with Crippen molar-refractivity contribution in [1.82, 2.24) is 20.2 Å². The van der Waals surface area contributed by atoms with Crippen molar-refractivity contribution in [3.8, 4) is 22.9 Å². The maximum Gasteiger partial charge on any atom is 0.230 e. The van der Waals surface area contributed by atoms with Crippen molar-refractivity contribution in [3.05, 3.63) is 53.6 Å². The number of nitrogens with two attached hydrogens (primary N) is 1. The summed E-state index contributed by atoms with van der Waals surface area (Å²) in [7, 11) is 3.15. The molecule has 0 bridgehead atoms. The molecule has 1 atom stereocenters. The number of nitrogen functional groups attached to an aromatic ring is 1. The smallest absolute Gasteiger partial charge is 0.230 e. The Balaban J connectivity index is 1.64. The van der Waals surface area contributed by atoms with E-state index in [1.54, 1.807) is 32.4 Å². The van der Waals surface area contributed by atoms with Crippen molar-refractivity contribution in [1.29, 1.82) is 0 Å². The van der Waals surface area contributed by atoms with Crippen LogP contribution in [0.25, 0.3) is 11.4 Å². The Morgan fingerprint density at radius 3 is 2.55 bits per heavy atom.